The monoisotopic (exact) mass is 714 g/mol. The van der Waals surface area contributed by atoms with E-state index in [4.69, 9.17) is 28.9 Å². The smallest absolute Gasteiger partial charge is 0.183 e. The molecule has 264 valence electrons. The predicted octanol–water partition coefficient (Wildman–Crippen LogP) is 9.95. The molecule has 6 aromatic rings. The zero-order valence-electron chi connectivity index (χ0n) is 30.3. The Kier molecular flexibility index (Phi) is 12.0. The van der Waals surface area contributed by atoms with Crippen LogP contribution in [0, 0.1) is 0 Å². The van der Waals surface area contributed by atoms with Gasteiger partial charge in [-0.3, -0.25) is 0 Å². The van der Waals surface area contributed by atoms with Gasteiger partial charge in [-0.15, -0.1) is 22.7 Å². The summed E-state index contributed by atoms with van der Waals surface area (Å²) in [7, 11) is 3.31. The first-order valence-corrected chi connectivity index (χ1v) is 18.4. The van der Waals surface area contributed by atoms with Gasteiger partial charge in [0.2, 0.25) is 0 Å². The van der Waals surface area contributed by atoms with E-state index >= 15 is 0 Å². The van der Waals surface area contributed by atoms with Crippen LogP contribution in [-0.2, 0) is 0 Å². The summed E-state index contributed by atoms with van der Waals surface area (Å²) in [6.45, 7) is 16.4. The fourth-order valence-corrected chi connectivity index (χ4v) is 6.68. The normalized spacial score (nSPS) is 11.3. The van der Waals surface area contributed by atoms with Crippen LogP contribution in [0.3, 0.4) is 0 Å². The summed E-state index contributed by atoms with van der Waals surface area (Å²) in [5.41, 5.74) is 4.93. The van der Waals surface area contributed by atoms with Crippen LogP contribution < -0.4 is 29.6 Å². The van der Waals surface area contributed by atoms with Gasteiger partial charge in [0.05, 0.1) is 48.8 Å². The van der Waals surface area contributed by atoms with Gasteiger partial charge in [0.1, 0.15) is 34.4 Å². The molecule has 0 spiro atoms. The third kappa shape index (κ3) is 9.30. The largest absolute Gasteiger partial charge is 0.497 e. The summed E-state index contributed by atoms with van der Waals surface area (Å²) >= 11 is 3.16. The summed E-state index contributed by atoms with van der Waals surface area (Å²) in [4.78, 5) is 18.8. The molecule has 0 saturated heterocycles. The molecule has 4 aromatic heterocycles. The lowest BCUT2D eigenvalue weighted by molar-refractivity contribution is 0.245. The van der Waals surface area contributed by atoms with Crippen molar-refractivity contribution in [3.63, 3.8) is 0 Å². The number of rotatable bonds is 12. The van der Waals surface area contributed by atoms with Crippen LogP contribution in [0.25, 0.3) is 44.6 Å². The molecule has 0 unspecified atom stereocenters. The highest BCUT2D eigenvalue weighted by Crippen LogP contribution is 2.35. The number of anilines is 2. The number of nitrogens with zero attached hydrogens (tertiary/aromatic N) is 4. The number of benzene rings is 2. The number of fused-ring (bicyclic) bond motifs is 2. The van der Waals surface area contributed by atoms with E-state index in [1.807, 2.05) is 87.0 Å². The molecule has 4 heterocycles. The Labute approximate surface area is 302 Å². The minimum atomic E-state index is 0.0779. The molecule has 0 saturated carbocycles. The Morgan fingerprint density at radius 3 is 1.26 bits per heavy atom. The van der Waals surface area contributed by atoms with Gasteiger partial charge in [-0.25, -0.2) is 19.9 Å². The first-order valence-electron chi connectivity index (χ1n) is 16.7. The second-order valence-electron chi connectivity index (χ2n) is 12.8. The van der Waals surface area contributed by atoms with E-state index in [1.54, 1.807) is 36.9 Å². The lowest BCUT2D eigenvalue weighted by Crippen LogP contribution is -2.09. The Hall–Kier alpha value is -4.68. The van der Waals surface area contributed by atoms with Crippen molar-refractivity contribution in [2.24, 2.45) is 0 Å². The molecule has 0 atom stereocenters. The summed E-state index contributed by atoms with van der Waals surface area (Å²) in [6.07, 6.45) is 0.156. The van der Waals surface area contributed by atoms with Gasteiger partial charge in [-0.2, -0.15) is 0 Å². The van der Waals surface area contributed by atoms with E-state index in [9.17, 15) is 0 Å². The lowest BCUT2D eigenvalue weighted by Gasteiger charge is -2.14. The minimum Gasteiger partial charge on any atom is -0.497 e. The molecular formula is C38H46N6O4S2. The second kappa shape index (κ2) is 16.4. The Morgan fingerprint density at radius 2 is 0.920 bits per heavy atom. The van der Waals surface area contributed by atoms with E-state index in [2.05, 4.69) is 48.3 Å². The number of hydrogen-bond acceptors (Lipinski definition) is 12. The van der Waals surface area contributed by atoms with Crippen LogP contribution in [0.5, 0.6) is 23.0 Å². The number of hydrogen-bond donors (Lipinski definition) is 2. The fourth-order valence-electron chi connectivity index (χ4n) is 4.98. The van der Waals surface area contributed by atoms with Gasteiger partial charge in [-0.05, 0) is 79.7 Å². The molecule has 0 fully saturated rings. The van der Waals surface area contributed by atoms with E-state index in [1.165, 1.54) is 0 Å². The van der Waals surface area contributed by atoms with E-state index < -0.39 is 0 Å². The van der Waals surface area contributed by atoms with Gasteiger partial charge >= 0.3 is 0 Å². The minimum absolute atomic E-state index is 0.0779. The Bertz CT molecular complexity index is 1890. The molecular weight excluding hydrogens is 669 g/mol. The molecule has 0 aliphatic heterocycles. The molecule has 50 heavy (non-hydrogen) atoms. The van der Waals surface area contributed by atoms with Crippen molar-refractivity contribution in [2.75, 3.05) is 24.9 Å². The maximum Gasteiger partial charge on any atom is 0.183 e. The molecule has 0 aliphatic carbocycles. The highest BCUT2D eigenvalue weighted by atomic mass is 32.1. The van der Waals surface area contributed by atoms with Crippen LogP contribution in [0.4, 0.5) is 10.3 Å². The van der Waals surface area contributed by atoms with Crippen LogP contribution in [0.2, 0.25) is 0 Å². The standard InChI is InChI=1S/2C19H23N3O2S/c2*1-11(2)20-19-22-17(10-25-19)16-9-18(24-12(3)4)14-7-6-13(23-5)8-15(14)21-16/h2*6-12H,1-5H3,(H,20,22). The van der Waals surface area contributed by atoms with Crippen molar-refractivity contribution in [3.8, 4) is 45.8 Å². The van der Waals surface area contributed by atoms with Crippen molar-refractivity contribution >= 4 is 54.7 Å². The molecule has 12 heteroatoms. The molecule has 6 rings (SSSR count). The van der Waals surface area contributed by atoms with Crippen molar-refractivity contribution in [2.45, 2.75) is 79.7 Å². The highest BCUT2D eigenvalue weighted by Gasteiger charge is 2.15. The van der Waals surface area contributed by atoms with Crippen LogP contribution in [0.15, 0.2) is 59.3 Å². The topological polar surface area (TPSA) is 113 Å². The van der Waals surface area contributed by atoms with Crippen molar-refractivity contribution in [1.82, 2.24) is 19.9 Å². The number of ether oxygens (including phenoxy) is 4. The molecule has 0 radical (unpaired) electrons. The molecule has 2 aromatic carbocycles. The van der Waals surface area contributed by atoms with Gasteiger partial charge < -0.3 is 29.6 Å². The Balaban J connectivity index is 0.000000194. The zero-order chi connectivity index (χ0) is 35.9. The third-order valence-electron chi connectivity index (χ3n) is 7.04. The number of thiazole rings is 2. The average Bonchev–Trinajstić information content (AvgIpc) is 3.73. The molecule has 10 nitrogen and oxygen atoms in total. The zero-order valence-corrected chi connectivity index (χ0v) is 32.0. The predicted molar refractivity (Wildman–Crippen MR) is 208 cm³/mol. The van der Waals surface area contributed by atoms with Crippen molar-refractivity contribution in [1.29, 1.82) is 0 Å². The number of methoxy groups -OCH3 is 2. The number of pyridine rings is 2. The van der Waals surface area contributed by atoms with E-state index in [0.29, 0.717) is 12.1 Å². The lowest BCUT2D eigenvalue weighted by atomic mass is 10.1. The first-order chi connectivity index (χ1) is 23.9. The molecule has 2 N–H and O–H groups in total. The summed E-state index contributed by atoms with van der Waals surface area (Å²) in [5.74, 6) is 3.16. The van der Waals surface area contributed by atoms with E-state index in [0.717, 1.165) is 77.8 Å². The Morgan fingerprint density at radius 1 is 0.520 bits per heavy atom. The second-order valence-corrected chi connectivity index (χ2v) is 14.5. The SMILES string of the molecule is COc1ccc2c(OC(C)C)cc(-c3csc(NC(C)C)n3)nc2c1.COc1ccc2c(OC(C)C)cc(-c3csc(NC(C)C)n3)nc2c1. The van der Waals surface area contributed by atoms with Crippen molar-refractivity contribution < 1.29 is 18.9 Å². The summed E-state index contributed by atoms with van der Waals surface area (Å²) < 4.78 is 22.7. The highest BCUT2D eigenvalue weighted by molar-refractivity contribution is 7.14. The van der Waals surface area contributed by atoms with Crippen LogP contribution in [-0.4, -0.2) is 58.4 Å². The average molecular weight is 715 g/mol. The summed E-state index contributed by atoms with van der Waals surface area (Å²) in [6, 6.07) is 16.3. The molecule has 0 aliphatic rings. The van der Waals surface area contributed by atoms with Gasteiger partial charge in [0, 0.05) is 57.9 Å². The summed E-state index contributed by atoms with van der Waals surface area (Å²) in [5, 5.41) is 14.4. The van der Waals surface area contributed by atoms with Crippen LogP contribution >= 0.6 is 22.7 Å². The fraction of sp³-hybridized carbons (Fsp3) is 0.368. The maximum atomic E-state index is 6.01. The van der Waals surface area contributed by atoms with Gasteiger partial charge in [-0.1, -0.05) is 0 Å². The number of aromatic nitrogens is 4. The van der Waals surface area contributed by atoms with Gasteiger partial charge in [0.25, 0.3) is 0 Å². The van der Waals surface area contributed by atoms with Crippen LogP contribution in [0.1, 0.15) is 55.4 Å². The third-order valence-corrected chi connectivity index (χ3v) is 8.59. The molecule has 0 bridgehead atoms. The molecule has 0 amide bonds. The number of nitrogens with one attached hydrogen (secondary N) is 2. The van der Waals surface area contributed by atoms with Crippen molar-refractivity contribution in [3.05, 3.63) is 59.3 Å². The maximum absolute atomic E-state index is 6.01. The van der Waals surface area contributed by atoms with E-state index in [-0.39, 0.29) is 12.2 Å². The first kappa shape index (κ1) is 36.6. The quantitative estimate of drug-likeness (QED) is 0.127. The van der Waals surface area contributed by atoms with Gasteiger partial charge in [0.15, 0.2) is 10.3 Å².